The normalized spacial score (nSPS) is 10.3. The largest absolute Gasteiger partial charge is 0.361 e. The van der Waals surface area contributed by atoms with Gasteiger partial charge in [0.15, 0.2) is 0 Å². The Morgan fingerprint density at radius 1 is 1.53 bits per heavy atom. The molecule has 4 nitrogen and oxygen atoms in total. The quantitative estimate of drug-likeness (QED) is 0.920. The lowest BCUT2D eigenvalue weighted by Crippen LogP contribution is -2.12. The molecule has 0 bridgehead atoms. The van der Waals surface area contributed by atoms with Gasteiger partial charge in [-0.2, -0.15) is 0 Å². The molecular weight excluding hydrogens is 307 g/mol. The molecule has 88 valence electrons. The summed E-state index contributed by atoms with van der Waals surface area (Å²) < 4.78 is 5.54. The van der Waals surface area contributed by atoms with Gasteiger partial charge in [0.05, 0.1) is 11.9 Å². The van der Waals surface area contributed by atoms with E-state index >= 15 is 0 Å². The number of nitrogens with zero attached hydrogens (tertiary/aromatic N) is 1. The van der Waals surface area contributed by atoms with Crippen LogP contribution < -0.4 is 5.32 Å². The van der Waals surface area contributed by atoms with E-state index in [9.17, 15) is 4.79 Å². The number of rotatable bonds is 2. The van der Waals surface area contributed by atoms with Crippen LogP contribution in [-0.4, -0.2) is 11.1 Å². The second-order valence-electron chi connectivity index (χ2n) is 3.37. The van der Waals surface area contributed by atoms with E-state index in [4.69, 9.17) is 16.1 Å². The predicted octanol–water partition coefficient (Wildman–Crippen LogP) is 3.65. The fourth-order valence-corrected chi connectivity index (χ4v) is 2.08. The summed E-state index contributed by atoms with van der Waals surface area (Å²) in [6.07, 6.45) is 1.38. The monoisotopic (exact) mass is 314 g/mol. The van der Waals surface area contributed by atoms with Crippen LogP contribution in [0.2, 0.25) is 5.02 Å². The maximum absolute atomic E-state index is 11.9. The molecule has 0 saturated heterocycles. The van der Waals surface area contributed by atoms with E-state index in [1.807, 2.05) is 0 Å². The number of amides is 1. The average Bonchev–Trinajstić information content (AvgIpc) is 2.68. The maximum atomic E-state index is 11.9. The molecule has 0 aliphatic carbocycles. The van der Waals surface area contributed by atoms with Crippen LogP contribution in [0, 0.1) is 6.92 Å². The van der Waals surface area contributed by atoms with Gasteiger partial charge in [0.1, 0.15) is 11.3 Å². The van der Waals surface area contributed by atoms with Gasteiger partial charge in [0.2, 0.25) is 0 Å². The van der Waals surface area contributed by atoms with E-state index < -0.39 is 0 Å². The van der Waals surface area contributed by atoms with Crippen LogP contribution in [0.5, 0.6) is 0 Å². The average molecular weight is 316 g/mol. The summed E-state index contributed by atoms with van der Waals surface area (Å²) >= 11 is 9.13. The highest BCUT2D eigenvalue weighted by atomic mass is 79.9. The van der Waals surface area contributed by atoms with Crippen molar-refractivity contribution in [3.8, 4) is 0 Å². The fraction of sp³-hybridized carbons (Fsp3) is 0.0909. The maximum Gasteiger partial charge on any atom is 0.260 e. The molecule has 0 aliphatic rings. The summed E-state index contributed by atoms with van der Waals surface area (Å²) in [5.41, 5.74) is 1.05. The summed E-state index contributed by atoms with van der Waals surface area (Å²) in [7, 11) is 0. The number of aryl methyl sites for hydroxylation is 1. The van der Waals surface area contributed by atoms with Crippen LogP contribution in [0.1, 0.15) is 16.1 Å². The van der Waals surface area contributed by atoms with Crippen molar-refractivity contribution >= 4 is 39.1 Å². The Hall–Kier alpha value is -1.33. The van der Waals surface area contributed by atoms with Gasteiger partial charge in [-0.25, -0.2) is 0 Å². The molecule has 0 unspecified atom stereocenters. The van der Waals surface area contributed by atoms with Crippen molar-refractivity contribution in [3.05, 3.63) is 45.2 Å². The van der Waals surface area contributed by atoms with Crippen molar-refractivity contribution in [2.45, 2.75) is 6.92 Å². The first-order chi connectivity index (χ1) is 8.08. The molecule has 2 rings (SSSR count). The minimum Gasteiger partial charge on any atom is -0.361 e. The van der Waals surface area contributed by atoms with Crippen LogP contribution in [0.3, 0.4) is 0 Å². The number of halogens is 2. The second-order valence-corrected chi connectivity index (χ2v) is 4.66. The van der Waals surface area contributed by atoms with Crippen molar-refractivity contribution < 1.29 is 9.32 Å². The number of hydrogen-bond donors (Lipinski definition) is 1. The number of nitrogens with one attached hydrogen (secondary N) is 1. The number of carbonyl (C=O) groups excluding carboxylic acids is 1. The van der Waals surface area contributed by atoms with E-state index in [2.05, 4.69) is 26.4 Å². The molecule has 0 radical (unpaired) electrons. The Morgan fingerprint density at radius 2 is 2.29 bits per heavy atom. The molecule has 0 spiro atoms. The Morgan fingerprint density at radius 3 is 2.88 bits per heavy atom. The lowest BCUT2D eigenvalue weighted by Gasteiger charge is -2.06. The van der Waals surface area contributed by atoms with E-state index in [-0.39, 0.29) is 5.91 Å². The Bertz CT molecular complexity index is 568. The van der Waals surface area contributed by atoms with Crippen molar-refractivity contribution in [1.29, 1.82) is 0 Å². The Balaban J connectivity index is 2.22. The first-order valence-electron chi connectivity index (χ1n) is 4.75. The van der Waals surface area contributed by atoms with Crippen molar-refractivity contribution in [3.63, 3.8) is 0 Å². The van der Waals surface area contributed by atoms with Crippen LogP contribution in [0.15, 0.2) is 33.4 Å². The van der Waals surface area contributed by atoms with E-state index in [0.29, 0.717) is 26.5 Å². The van der Waals surface area contributed by atoms with Crippen LogP contribution in [0.25, 0.3) is 0 Å². The number of carbonyl (C=O) groups is 1. The van der Waals surface area contributed by atoms with Crippen molar-refractivity contribution in [2.24, 2.45) is 0 Å². The molecule has 1 aromatic heterocycles. The third-order valence-corrected chi connectivity index (χ3v) is 3.07. The summed E-state index contributed by atoms with van der Waals surface area (Å²) in [4.78, 5) is 11.9. The first-order valence-corrected chi connectivity index (χ1v) is 5.92. The molecule has 0 saturated carbocycles. The lowest BCUT2D eigenvalue weighted by atomic mass is 10.2. The highest BCUT2D eigenvalue weighted by molar-refractivity contribution is 9.10. The zero-order valence-electron chi connectivity index (χ0n) is 8.83. The van der Waals surface area contributed by atoms with Crippen LogP contribution in [0.4, 0.5) is 5.69 Å². The van der Waals surface area contributed by atoms with Gasteiger partial charge in [0, 0.05) is 9.50 Å². The van der Waals surface area contributed by atoms with Crippen molar-refractivity contribution in [2.75, 3.05) is 5.32 Å². The second kappa shape index (κ2) is 4.89. The van der Waals surface area contributed by atoms with Gasteiger partial charge in [-0.15, -0.1) is 0 Å². The SMILES string of the molecule is Cc1oncc1C(=O)Nc1ccc(Cl)cc1Br. The minimum absolute atomic E-state index is 0.272. The molecule has 2 aromatic rings. The van der Waals surface area contributed by atoms with E-state index in [1.165, 1.54) is 6.20 Å². The Labute approximate surface area is 111 Å². The highest BCUT2D eigenvalue weighted by Crippen LogP contribution is 2.26. The van der Waals surface area contributed by atoms with E-state index in [1.54, 1.807) is 25.1 Å². The summed E-state index contributed by atoms with van der Waals surface area (Å²) in [6.45, 7) is 1.68. The third-order valence-electron chi connectivity index (χ3n) is 2.17. The topological polar surface area (TPSA) is 55.1 Å². The van der Waals surface area contributed by atoms with Gasteiger partial charge < -0.3 is 9.84 Å². The number of benzene rings is 1. The molecule has 1 amide bonds. The molecule has 1 aromatic carbocycles. The molecular formula is C11H8BrClN2O2. The lowest BCUT2D eigenvalue weighted by molar-refractivity contribution is 0.102. The van der Waals surface area contributed by atoms with Crippen LogP contribution >= 0.6 is 27.5 Å². The molecule has 0 aliphatic heterocycles. The molecule has 6 heteroatoms. The number of aromatic nitrogens is 1. The van der Waals surface area contributed by atoms with Gasteiger partial charge in [-0.05, 0) is 41.1 Å². The standard InChI is InChI=1S/C11H8BrClN2O2/c1-6-8(5-14-17-6)11(16)15-10-3-2-7(13)4-9(10)12/h2-5H,1H3,(H,15,16). The third kappa shape index (κ3) is 2.68. The Kier molecular flexibility index (Phi) is 3.49. The predicted molar refractivity (Wildman–Crippen MR) is 68.3 cm³/mol. The fourth-order valence-electron chi connectivity index (χ4n) is 1.30. The van der Waals surface area contributed by atoms with E-state index in [0.717, 1.165) is 0 Å². The molecule has 17 heavy (non-hydrogen) atoms. The first kappa shape index (κ1) is 12.1. The van der Waals surface area contributed by atoms with Crippen molar-refractivity contribution in [1.82, 2.24) is 5.16 Å². The molecule has 0 fully saturated rings. The van der Waals surface area contributed by atoms with Gasteiger partial charge in [-0.3, -0.25) is 4.79 Å². The zero-order valence-corrected chi connectivity index (χ0v) is 11.2. The van der Waals surface area contributed by atoms with Crippen LogP contribution in [-0.2, 0) is 0 Å². The smallest absolute Gasteiger partial charge is 0.260 e. The van der Waals surface area contributed by atoms with Gasteiger partial charge >= 0.3 is 0 Å². The molecule has 1 N–H and O–H groups in total. The number of anilines is 1. The molecule has 1 heterocycles. The summed E-state index contributed by atoms with van der Waals surface area (Å²) in [6, 6.07) is 5.12. The number of hydrogen-bond acceptors (Lipinski definition) is 3. The summed E-state index contributed by atoms with van der Waals surface area (Å²) in [5.74, 6) is 0.208. The highest BCUT2D eigenvalue weighted by Gasteiger charge is 2.14. The molecule has 0 atom stereocenters. The zero-order chi connectivity index (χ0) is 12.4. The minimum atomic E-state index is -0.272. The van der Waals surface area contributed by atoms with Gasteiger partial charge in [-0.1, -0.05) is 16.8 Å². The van der Waals surface area contributed by atoms with Gasteiger partial charge in [0.25, 0.3) is 5.91 Å². The summed E-state index contributed by atoms with van der Waals surface area (Å²) in [5, 5.41) is 6.88.